The van der Waals surface area contributed by atoms with Crippen molar-refractivity contribution in [3.8, 4) is 17.2 Å². The van der Waals surface area contributed by atoms with Crippen LogP contribution in [0.3, 0.4) is 0 Å². The van der Waals surface area contributed by atoms with Crippen molar-refractivity contribution in [2.75, 3.05) is 27.3 Å². The second-order valence-electron chi connectivity index (χ2n) is 8.27. The highest BCUT2D eigenvalue weighted by Gasteiger charge is 2.52. The lowest BCUT2D eigenvalue weighted by molar-refractivity contribution is -0.159. The molecule has 1 fully saturated rings. The van der Waals surface area contributed by atoms with Gasteiger partial charge in [-0.15, -0.1) is 0 Å². The number of hydrogen-bond acceptors (Lipinski definition) is 6. The van der Waals surface area contributed by atoms with Gasteiger partial charge >= 0.3 is 0 Å². The van der Waals surface area contributed by atoms with Gasteiger partial charge in [-0.25, -0.2) is 5.01 Å². The third-order valence-electron chi connectivity index (χ3n) is 6.62. The largest absolute Gasteiger partial charge is 0.497 e. The fourth-order valence-corrected chi connectivity index (χ4v) is 4.89. The summed E-state index contributed by atoms with van der Waals surface area (Å²) in [6.45, 7) is 2.92. The first-order valence-corrected chi connectivity index (χ1v) is 10.7. The molecule has 0 radical (unpaired) electrons. The number of para-hydroxylation sites is 1. The van der Waals surface area contributed by atoms with Gasteiger partial charge in [0.05, 0.1) is 26.0 Å². The predicted octanol–water partition coefficient (Wildman–Crippen LogP) is 3.59. The number of hydrogen-bond donors (Lipinski definition) is 0. The summed E-state index contributed by atoms with van der Waals surface area (Å²) in [6, 6.07) is 14.1. The van der Waals surface area contributed by atoms with Crippen molar-refractivity contribution >= 4 is 11.6 Å². The summed E-state index contributed by atoms with van der Waals surface area (Å²) < 4.78 is 17.6. The van der Waals surface area contributed by atoms with Gasteiger partial charge in [-0.2, -0.15) is 5.10 Å². The van der Waals surface area contributed by atoms with E-state index >= 15 is 0 Å². The number of fused-ring (bicyclic) bond motifs is 4. The zero-order valence-corrected chi connectivity index (χ0v) is 18.1. The fraction of sp³-hybridized carbons (Fsp3) is 0.417. The van der Waals surface area contributed by atoms with E-state index in [2.05, 4.69) is 23.2 Å². The van der Waals surface area contributed by atoms with Crippen molar-refractivity contribution < 1.29 is 19.0 Å². The third-order valence-corrected chi connectivity index (χ3v) is 6.62. The SMILES string of the molecule is COc1ccc(C2=NN3[C@@H](C2)c2cccc(OC)c2OC32CCN(C(C)=O)CC2)cc1. The first-order valence-electron chi connectivity index (χ1n) is 10.7. The van der Waals surface area contributed by atoms with E-state index in [-0.39, 0.29) is 11.9 Å². The van der Waals surface area contributed by atoms with Crippen LogP contribution in [-0.2, 0) is 4.79 Å². The highest BCUT2D eigenvalue weighted by molar-refractivity contribution is 6.02. The lowest BCUT2D eigenvalue weighted by Crippen LogP contribution is -2.59. The topological polar surface area (TPSA) is 63.6 Å². The van der Waals surface area contributed by atoms with Crippen LogP contribution < -0.4 is 14.2 Å². The molecule has 0 aliphatic carbocycles. The van der Waals surface area contributed by atoms with Crippen LogP contribution in [0.5, 0.6) is 17.2 Å². The quantitative estimate of drug-likeness (QED) is 0.758. The molecule has 3 aliphatic rings. The zero-order valence-electron chi connectivity index (χ0n) is 18.1. The Labute approximate surface area is 182 Å². The zero-order chi connectivity index (χ0) is 21.6. The van der Waals surface area contributed by atoms with Crippen molar-refractivity contribution in [1.29, 1.82) is 0 Å². The summed E-state index contributed by atoms with van der Waals surface area (Å²) in [5.41, 5.74) is 2.61. The first kappa shape index (κ1) is 19.7. The van der Waals surface area contributed by atoms with Crippen LogP contribution in [0.15, 0.2) is 47.6 Å². The number of carbonyl (C=O) groups is 1. The Balaban J connectivity index is 1.55. The Hall–Kier alpha value is -3.22. The lowest BCUT2D eigenvalue weighted by Gasteiger charge is -2.51. The number of rotatable bonds is 3. The van der Waals surface area contributed by atoms with Gasteiger partial charge in [0.25, 0.3) is 0 Å². The van der Waals surface area contributed by atoms with Crippen molar-refractivity contribution in [2.45, 2.75) is 38.0 Å². The Bertz CT molecular complexity index is 1030. The molecule has 31 heavy (non-hydrogen) atoms. The van der Waals surface area contributed by atoms with Gasteiger partial charge in [0.2, 0.25) is 11.6 Å². The number of methoxy groups -OCH3 is 2. The average molecular weight is 421 g/mol. The minimum absolute atomic E-state index is 0.0693. The summed E-state index contributed by atoms with van der Waals surface area (Å²) >= 11 is 0. The van der Waals surface area contributed by atoms with E-state index in [0.29, 0.717) is 25.9 Å². The molecule has 3 aliphatic heterocycles. The molecule has 2 aromatic carbocycles. The lowest BCUT2D eigenvalue weighted by atomic mass is 9.90. The first-order chi connectivity index (χ1) is 15.0. The van der Waals surface area contributed by atoms with Crippen LogP contribution >= 0.6 is 0 Å². The average Bonchev–Trinajstić information content (AvgIpc) is 3.26. The minimum Gasteiger partial charge on any atom is -0.497 e. The van der Waals surface area contributed by atoms with Gasteiger partial charge in [0.15, 0.2) is 11.5 Å². The van der Waals surface area contributed by atoms with E-state index in [4.69, 9.17) is 19.3 Å². The van der Waals surface area contributed by atoms with E-state index in [9.17, 15) is 4.79 Å². The predicted molar refractivity (Wildman–Crippen MR) is 117 cm³/mol. The molecular weight excluding hydrogens is 394 g/mol. The molecule has 1 atom stereocenters. The van der Waals surface area contributed by atoms with Gasteiger partial charge in [-0.05, 0) is 35.9 Å². The molecule has 0 aromatic heterocycles. The Morgan fingerprint density at radius 3 is 2.48 bits per heavy atom. The molecule has 0 N–H and O–H groups in total. The van der Waals surface area contributed by atoms with Crippen LogP contribution in [0.4, 0.5) is 0 Å². The van der Waals surface area contributed by atoms with Gasteiger partial charge in [-0.3, -0.25) is 4.79 Å². The number of carbonyl (C=O) groups excluding carboxylic acids is 1. The van der Waals surface area contributed by atoms with Gasteiger partial charge in [-0.1, -0.05) is 12.1 Å². The molecule has 0 unspecified atom stereocenters. The maximum Gasteiger partial charge on any atom is 0.219 e. The number of hydrazone groups is 1. The van der Waals surface area contributed by atoms with Crippen molar-refractivity contribution in [1.82, 2.24) is 9.91 Å². The summed E-state index contributed by atoms with van der Waals surface area (Å²) in [7, 11) is 3.34. The van der Waals surface area contributed by atoms with E-state index in [1.54, 1.807) is 21.1 Å². The molecule has 7 heteroatoms. The number of ether oxygens (including phenoxy) is 3. The minimum atomic E-state index is -0.591. The van der Waals surface area contributed by atoms with Gasteiger partial charge in [0, 0.05) is 44.8 Å². The van der Waals surface area contributed by atoms with Crippen LogP contribution in [0, 0.1) is 0 Å². The van der Waals surface area contributed by atoms with Crippen LogP contribution in [0.2, 0.25) is 0 Å². The Kier molecular flexibility index (Phi) is 4.76. The van der Waals surface area contributed by atoms with Crippen LogP contribution in [-0.4, -0.2) is 54.6 Å². The number of benzene rings is 2. The van der Waals surface area contributed by atoms with E-state index in [1.165, 1.54) is 0 Å². The normalized spacial score (nSPS) is 21.1. The fourth-order valence-electron chi connectivity index (χ4n) is 4.89. The smallest absolute Gasteiger partial charge is 0.219 e. The monoisotopic (exact) mass is 421 g/mol. The summed E-state index contributed by atoms with van der Waals surface area (Å²) in [6.07, 6.45) is 2.17. The molecular formula is C24H27N3O4. The third kappa shape index (κ3) is 3.19. The number of nitrogens with zero attached hydrogens (tertiary/aromatic N) is 3. The van der Waals surface area contributed by atoms with Crippen molar-refractivity contribution in [2.24, 2.45) is 5.10 Å². The summed E-state index contributed by atoms with van der Waals surface area (Å²) in [4.78, 5) is 13.8. The van der Waals surface area contributed by atoms with Crippen molar-refractivity contribution in [3.05, 3.63) is 53.6 Å². The molecule has 7 nitrogen and oxygen atoms in total. The summed E-state index contributed by atoms with van der Waals surface area (Å²) in [5, 5.41) is 7.22. The van der Waals surface area contributed by atoms with Crippen LogP contribution in [0.1, 0.15) is 43.4 Å². The maximum absolute atomic E-state index is 11.9. The van der Waals surface area contributed by atoms with Crippen molar-refractivity contribution in [3.63, 3.8) is 0 Å². The van der Waals surface area contributed by atoms with Gasteiger partial charge < -0.3 is 19.1 Å². The molecule has 1 spiro atoms. The second-order valence-corrected chi connectivity index (χ2v) is 8.27. The summed E-state index contributed by atoms with van der Waals surface area (Å²) in [5.74, 6) is 2.47. The highest BCUT2D eigenvalue weighted by atomic mass is 16.5. The Morgan fingerprint density at radius 1 is 1.10 bits per heavy atom. The molecule has 1 amide bonds. The number of likely N-dealkylation sites (tertiary alicyclic amines) is 1. The maximum atomic E-state index is 11.9. The highest BCUT2D eigenvalue weighted by Crippen LogP contribution is 2.52. The van der Waals surface area contributed by atoms with E-state index in [1.807, 2.05) is 29.2 Å². The standard InChI is InChI=1S/C24H27N3O4/c1-16(28)26-13-11-24(12-14-26)27-21(19-5-4-6-22(30-3)23(19)31-24)15-20(25-27)17-7-9-18(29-2)10-8-17/h4-10,21H,11-15H2,1-3H3/t21-/m0/s1. The van der Waals surface area contributed by atoms with Gasteiger partial charge in [0.1, 0.15) is 5.75 Å². The van der Waals surface area contributed by atoms with E-state index in [0.717, 1.165) is 40.5 Å². The molecule has 162 valence electrons. The molecule has 0 saturated carbocycles. The molecule has 3 heterocycles. The second kappa shape index (κ2) is 7.48. The molecule has 1 saturated heterocycles. The Morgan fingerprint density at radius 2 is 1.84 bits per heavy atom. The molecule has 2 aromatic rings. The molecule has 0 bridgehead atoms. The van der Waals surface area contributed by atoms with E-state index < -0.39 is 5.72 Å². The van der Waals surface area contributed by atoms with Crippen LogP contribution in [0.25, 0.3) is 0 Å². The molecule has 5 rings (SSSR count). The number of amides is 1. The number of piperidine rings is 1.